The molecule has 0 heterocycles. The standard InChI is InChI=1S/C8H17NO3/c1-4-7(8(10)11)9(5-2)6-12-3/h7H,4-6H2,1-3H3,(H,10,11)/t7-/m0/s1. The minimum absolute atomic E-state index is 0.376. The fraction of sp³-hybridized carbons (Fsp3) is 0.875. The van der Waals surface area contributed by atoms with Crippen LogP contribution in [0.3, 0.4) is 0 Å². The highest BCUT2D eigenvalue weighted by Crippen LogP contribution is 2.03. The van der Waals surface area contributed by atoms with E-state index >= 15 is 0 Å². The summed E-state index contributed by atoms with van der Waals surface area (Å²) in [4.78, 5) is 12.5. The monoisotopic (exact) mass is 175 g/mol. The Hall–Kier alpha value is -0.610. The summed E-state index contributed by atoms with van der Waals surface area (Å²) in [5.41, 5.74) is 0. The van der Waals surface area contributed by atoms with Crippen LogP contribution in [0.4, 0.5) is 0 Å². The van der Waals surface area contributed by atoms with Crippen LogP contribution in [0.2, 0.25) is 0 Å². The molecular weight excluding hydrogens is 158 g/mol. The third kappa shape index (κ3) is 3.19. The molecule has 0 aromatic rings. The largest absolute Gasteiger partial charge is 0.480 e. The lowest BCUT2D eigenvalue weighted by Gasteiger charge is -2.25. The molecule has 0 spiro atoms. The van der Waals surface area contributed by atoms with E-state index in [0.717, 1.165) is 0 Å². The number of rotatable bonds is 6. The molecule has 0 fully saturated rings. The maximum Gasteiger partial charge on any atom is 0.320 e. The number of carbonyl (C=O) groups is 1. The first-order valence-corrected chi connectivity index (χ1v) is 4.13. The molecule has 4 heteroatoms. The molecule has 4 nitrogen and oxygen atoms in total. The highest BCUT2D eigenvalue weighted by molar-refractivity contribution is 5.73. The Morgan fingerprint density at radius 3 is 2.42 bits per heavy atom. The maximum atomic E-state index is 10.7. The van der Waals surface area contributed by atoms with E-state index in [1.807, 2.05) is 13.8 Å². The lowest BCUT2D eigenvalue weighted by atomic mass is 10.2. The van der Waals surface area contributed by atoms with Gasteiger partial charge in [-0.15, -0.1) is 0 Å². The van der Waals surface area contributed by atoms with Gasteiger partial charge in [-0.25, -0.2) is 0 Å². The molecule has 0 rings (SSSR count). The molecule has 0 saturated heterocycles. The van der Waals surface area contributed by atoms with Crippen LogP contribution in [0, 0.1) is 0 Å². The third-order valence-electron chi connectivity index (χ3n) is 1.81. The molecule has 0 radical (unpaired) electrons. The minimum Gasteiger partial charge on any atom is -0.480 e. The summed E-state index contributed by atoms with van der Waals surface area (Å²) < 4.78 is 4.89. The molecule has 12 heavy (non-hydrogen) atoms. The van der Waals surface area contributed by atoms with E-state index in [2.05, 4.69) is 0 Å². The molecule has 0 amide bonds. The number of methoxy groups -OCH3 is 1. The molecule has 1 N–H and O–H groups in total. The van der Waals surface area contributed by atoms with Crippen LogP contribution in [0.1, 0.15) is 20.3 Å². The van der Waals surface area contributed by atoms with Gasteiger partial charge in [0.25, 0.3) is 0 Å². The number of ether oxygens (including phenoxy) is 1. The van der Waals surface area contributed by atoms with Gasteiger partial charge in [0.1, 0.15) is 6.04 Å². The Balaban J connectivity index is 4.12. The van der Waals surface area contributed by atoms with Crippen molar-refractivity contribution < 1.29 is 14.6 Å². The number of nitrogens with zero attached hydrogens (tertiary/aromatic N) is 1. The first-order chi connectivity index (χ1) is 5.67. The van der Waals surface area contributed by atoms with Crippen molar-refractivity contribution in [2.75, 3.05) is 20.4 Å². The van der Waals surface area contributed by atoms with Gasteiger partial charge in [0, 0.05) is 7.11 Å². The van der Waals surface area contributed by atoms with Crippen molar-refractivity contribution in [3.05, 3.63) is 0 Å². The van der Waals surface area contributed by atoms with E-state index < -0.39 is 12.0 Å². The summed E-state index contributed by atoms with van der Waals surface area (Å²) in [6.45, 7) is 4.85. The number of likely N-dealkylation sites (N-methyl/N-ethyl adjacent to an activating group) is 1. The summed E-state index contributed by atoms with van der Waals surface area (Å²) in [5.74, 6) is -0.781. The highest BCUT2D eigenvalue weighted by Gasteiger charge is 2.21. The topological polar surface area (TPSA) is 49.8 Å². The van der Waals surface area contributed by atoms with Crippen molar-refractivity contribution in [1.82, 2.24) is 4.90 Å². The second kappa shape index (κ2) is 5.97. The van der Waals surface area contributed by atoms with Crippen molar-refractivity contribution in [2.24, 2.45) is 0 Å². The zero-order valence-electron chi connectivity index (χ0n) is 7.91. The Kier molecular flexibility index (Phi) is 5.66. The number of hydrogen-bond acceptors (Lipinski definition) is 3. The number of carboxylic acids is 1. The van der Waals surface area contributed by atoms with Gasteiger partial charge >= 0.3 is 5.97 Å². The third-order valence-corrected chi connectivity index (χ3v) is 1.81. The molecule has 72 valence electrons. The van der Waals surface area contributed by atoms with Crippen molar-refractivity contribution in [1.29, 1.82) is 0 Å². The van der Waals surface area contributed by atoms with Crippen molar-refractivity contribution in [3.8, 4) is 0 Å². The van der Waals surface area contributed by atoms with Crippen LogP contribution < -0.4 is 0 Å². The van der Waals surface area contributed by atoms with E-state index in [4.69, 9.17) is 9.84 Å². The molecule has 0 aromatic carbocycles. The molecule has 0 saturated carbocycles. The normalized spacial score (nSPS) is 13.3. The summed E-state index contributed by atoms with van der Waals surface area (Å²) in [7, 11) is 1.57. The fourth-order valence-corrected chi connectivity index (χ4v) is 1.16. The Morgan fingerprint density at radius 2 is 2.17 bits per heavy atom. The lowest BCUT2D eigenvalue weighted by Crippen LogP contribution is -2.41. The average molecular weight is 175 g/mol. The highest BCUT2D eigenvalue weighted by atomic mass is 16.5. The van der Waals surface area contributed by atoms with Gasteiger partial charge < -0.3 is 9.84 Å². The van der Waals surface area contributed by atoms with Gasteiger partial charge in [-0.3, -0.25) is 9.69 Å². The van der Waals surface area contributed by atoms with Gasteiger partial charge in [0.15, 0.2) is 0 Å². The van der Waals surface area contributed by atoms with Crippen molar-refractivity contribution in [3.63, 3.8) is 0 Å². The number of hydrogen-bond donors (Lipinski definition) is 1. The predicted molar refractivity (Wildman–Crippen MR) is 46.0 cm³/mol. The SMILES string of the molecule is CC[C@@H](C(=O)O)N(CC)COC. The summed E-state index contributed by atoms with van der Waals surface area (Å²) in [6, 6.07) is -0.421. The second-order valence-corrected chi connectivity index (χ2v) is 2.59. The van der Waals surface area contributed by atoms with Gasteiger partial charge in [0.2, 0.25) is 0 Å². The van der Waals surface area contributed by atoms with E-state index in [9.17, 15) is 4.79 Å². The van der Waals surface area contributed by atoms with Crippen LogP contribution in [0.5, 0.6) is 0 Å². The fourth-order valence-electron chi connectivity index (χ4n) is 1.16. The van der Waals surface area contributed by atoms with Gasteiger partial charge in [-0.2, -0.15) is 0 Å². The van der Waals surface area contributed by atoms with E-state index in [-0.39, 0.29) is 0 Å². The molecule has 0 bridgehead atoms. The smallest absolute Gasteiger partial charge is 0.320 e. The molecular formula is C8H17NO3. The Bertz CT molecular complexity index is 138. The summed E-state index contributed by atoms with van der Waals surface area (Å²) in [5, 5.41) is 8.80. The second-order valence-electron chi connectivity index (χ2n) is 2.59. The summed E-state index contributed by atoms with van der Waals surface area (Å²) in [6.07, 6.45) is 0.604. The zero-order chi connectivity index (χ0) is 9.56. The zero-order valence-corrected chi connectivity index (χ0v) is 7.91. The lowest BCUT2D eigenvalue weighted by molar-refractivity contribution is -0.145. The number of carboxylic acid groups (broad SMARTS) is 1. The maximum absolute atomic E-state index is 10.7. The van der Waals surface area contributed by atoms with Crippen LogP contribution >= 0.6 is 0 Å². The Morgan fingerprint density at radius 1 is 1.58 bits per heavy atom. The molecule has 0 unspecified atom stereocenters. The van der Waals surface area contributed by atoms with Gasteiger partial charge in [-0.1, -0.05) is 13.8 Å². The number of aliphatic carboxylic acids is 1. The minimum atomic E-state index is -0.781. The predicted octanol–water partition coefficient (Wildman–Crippen LogP) is 0.775. The summed E-state index contributed by atoms with van der Waals surface area (Å²) >= 11 is 0. The quantitative estimate of drug-likeness (QED) is 0.606. The van der Waals surface area contributed by atoms with Gasteiger partial charge in [-0.05, 0) is 13.0 Å². The van der Waals surface area contributed by atoms with Gasteiger partial charge in [0.05, 0.1) is 6.73 Å². The first-order valence-electron chi connectivity index (χ1n) is 4.13. The Labute approximate surface area is 73.1 Å². The van der Waals surface area contributed by atoms with Crippen LogP contribution in [0.25, 0.3) is 0 Å². The van der Waals surface area contributed by atoms with E-state index in [0.29, 0.717) is 19.7 Å². The van der Waals surface area contributed by atoms with E-state index in [1.54, 1.807) is 12.0 Å². The van der Waals surface area contributed by atoms with Crippen molar-refractivity contribution >= 4 is 5.97 Å². The van der Waals surface area contributed by atoms with Crippen LogP contribution in [-0.2, 0) is 9.53 Å². The first kappa shape index (κ1) is 11.4. The van der Waals surface area contributed by atoms with Crippen LogP contribution in [0.15, 0.2) is 0 Å². The molecule has 0 aromatic heterocycles. The van der Waals surface area contributed by atoms with Crippen LogP contribution in [-0.4, -0.2) is 42.4 Å². The molecule has 1 atom stereocenters. The molecule has 0 aliphatic heterocycles. The molecule has 0 aliphatic rings. The van der Waals surface area contributed by atoms with Crippen molar-refractivity contribution in [2.45, 2.75) is 26.3 Å². The van der Waals surface area contributed by atoms with E-state index in [1.165, 1.54) is 0 Å². The average Bonchev–Trinajstić information content (AvgIpc) is 2.03. The molecule has 0 aliphatic carbocycles.